The van der Waals surface area contributed by atoms with Crippen molar-refractivity contribution in [3.05, 3.63) is 10.6 Å². The van der Waals surface area contributed by atoms with E-state index in [1.165, 1.54) is 24.4 Å². The highest BCUT2D eigenvalue weighted by Gasteiger charge is 2.36. The minimum atomic E-state index is 0.152. The maximum atomic E-state index is 12.8. The van der Waals surface area contributed by atoms with Gasteiger partial charge in [-0.15, -0.1) is 5.10 Å². The minimum absolute atomic E-state index is 0.152. The van der Waals surface area contributed by atoms with Crippen LogP contribution in [0.15, 0.2) is 0 Å². The van der Waals surface area contributed by atoms with Gasteiger partial charge in [-0.1, -0.05) is 17.8 Å². The molecule has 3 rings (SSSR count). The van der Waals surface area contributed by atoms with Crippen LogP contribution in [0.2, 0.25) is 0 Å². The van der Waals surface area contributed by atoms with Gasteiger partial charge in [0, 0.05) is 18.6 Å². The van der Waals surface area contributed by atoms with Crippen LogP contribution < -0.4 is 5.32 Å². The Balaban J connectivity index is 1.72. The summed E-state index contributed by atoms with van der Waals surface area (Å²) in [5.74, 6) is 0.152. The predicted octanol–water partition coefficient (Wildman–Crippen LogP) is 1.85. The van der Waals surface area contributed by atoms with Crippen molar-refractivity contribution >= 4 is 17.4 Å². The van der Waals surface area contributed by atoms with E-state index in [4.69, 9.17) is 0 Å². The molecule has 0 spiro atoms. The molecule has 0 aromatic carbocycles. The molecule has 1 aromatic rings. The summed E-state index contributed by atoms with van der Waals surface area (Å²) in [5.41, 5.74) is 0.882. The van der Waals surface area contributed by atoms with E-state index in [2.05, 4.69) is 26.7 Å². The van der Waals surface area contributed by atoms with Gasteiger partial charge in [0.25, 0.3) is 5.91 Å². The van der Waals surface area contributed by atoms with Crippen LogP contribution in [0.4, 0.5) is 0 Å². The van der Waals surface area contributed by atoms with E-state index >= 15 is 0 Å². The first kappa shape index (κ1) is 13.9. The zero-order valence-corrected chi connectivity index (χ0v) is 12.8. The molecule has 6 heteroatoms. The molecule has 1 amide bonds. The molecule has 110 valence electrons. The highest BCUT2D eigenvalue weighted by atomic mass is 32.1. The van der Waals surface area contributed by atoms with Crippen LogP contribution in [0.3, 0.4) is 0 Å². The van der Waals surface area contributed by atoms with Crippen molar-refractivity contribution in [2.75, 3.05) is 13.1 Å². The van der Waals surface area contributed by atoms with Crippen molar-refractivity contribution in [1.82, 2.24) is 19.8 Å². The van der Waals surface area contributed by atoms with Crippen LogP contribution in [0, 0.1) is 0 Å². The molecule has 0 bridgehead atoms. The Hall–Kier alpha value is -1.01. The largest absolute Gasteiger partial charge is 0.333 e. The smallest absolute Gasteiger partial charge is 0.267 e. The van der Waals surface area contributed by atoms with Crippen molar-refractivity contribution in [1.29, 1.82) is 0 Å². The zero-order chi connectivity index (χ0) is 13.9. The third-order valence-corrected chi connectivity index (χ3v) is 4.82. The topological polar surface area (TPSA) is 58.1 Å². The first-order chi connectivity index (χ1) is 9.79. The standard InChI is InChI=1S/C14H22N4OS/c1-2-4-12-13(20-17-16-12)14(19)18(11-6-7-11)9-10-5-3-8-15-10/h10-11,15H,2-9H2,1H3. The molecule has 1 saturated heterocycles. The second-order valence-corrected chi connectivity index (χ2v) is 6.53. The molecule has 20 heavy (non-hydrogen) atoms. The normalized spacial score (nSPS) is 22.1. The fourth-order valence-corrected chi connectivity index (χ4v) is 3.50. The Labute approximate surface area is 123 Å². The molecule has 1 aliphatic heterocycles. The Kier molecular flexibility index (Phi) is 4.31. The first-order valence-corrected chi connectivity index (χ1v) is 8.42. The van der Waals surface area contributed by atoms with Crippen LogP contribution in [-0.4, -0.2) is 45.6 Å². The van der Waals surface area contributed by atoms with Crippen molar-refractivity contribution in [2.45, 2.75) is 57.5 Å². The summed E-state index contributed by atoms with van der Waals surface area (Å²) in [6, 6.07) is 0.913. The lowest BCUT2D eigenvalue weighted by atomic mass is 10.2. The van der Waals surface area contributed by atoms with Gasteiger partial charge in [-0.2, -0.15) is 0 Å². The number of aromatic nitrogens is 2. The summed E-state index contributed by atoms with van der Waals surface area (Å²) in [6.45, 7) is 4.03. The van der Waals surface area contributed by atoms with Crippen molar-refractivity contribution in [2.24, 2.45) is 0 Å². The van der Waals surface area contributed by atoms with Gasteiger partial charge in [-0.05, 0) is 50.2 Å². The molecule has 1 N–H and O–H groups in total. The van der Waals surface area contributed by atoms with E-state index in [1.807, 2.05) is 0 Å². The molecule has 1 aliphatic carbocycles. The lowest BCUT2D eigenvalue weighted by molar-refractivity contribution is 0.0732. The fraction of sp³-hybridized carbons (Fsp3) is 0.786. The van der Waals surface area contributed by atoms with Gasteiger partial charge in [0.05, 0.1) is 5.69 Å². The molecular weight excluding hydrogens is 272 g/mol. The molecule has 1 aromatic heterocycles. The van der Waals surface area contributed by atoms with Crippen molar-refractivity contribution in [3.63, 3.8) is 0 Å². The average molecular weight is 294 g/mol. The summed E-state index contributed by atoms with van der Waals surface area (Å²) in [7, 11) is 0. The molecule has 0 radical (unpaired) electrons. The maximum absolute atomic E-state index is 12.8. The summed E-state index contributed by atoms with van der Waals surface area (Å²) in [5, 5.41) is 7.61. The summed E-state index contributed by atoms with van der Waals surface area (Å²) >= 11 is 1.26. The van der Waals surface area contributed by atoms with E-state index in [1.54, 1.807) is 0 Å². The van der Waals surface area contributed by atoms with Gasteiger partial charge in [0.2, 0.25) is 0 Å². The first-order valence-electron chi connectivity index (χ1n) is 7.65. The van der Waals surface area contributed by atoms with E-state index < -0.39 is 0 Å². The predicted molar refractivity (Wildman–Crippen MR) is 79.0 cm³/mol. The lowest BCUT2D eigenvalue weighted by Gasteiger charge is -2.25. The average Bonchev–Trinajstić information content (AvgIpc) is 2.97. The Morgan fingerprint density at radius 2 is 2.30 bits per heavy atom. The number of amides is 1. The Morgan fingerprint density at radius 3 is 2.95 bits per heavy atom. The highest BCUT2D eigenvalue weighted by Crippen LogP contribution is 2.30. The number of carbonyl (C=O) groups excluding carboxylic acids is 1. The van der Waals surface area contributed by atoms with Crippen LogP contribution in [0.25, 0.3) is 0 Å². The minimum Gasteiger partial charge on any atom is -0.333 e. The van der Waals surface area contributed by atoms with E-state index in [0.717, 1.165) is 49.3 Å². The van der Waals surface area contributed by atoms with Gasteiger partial charge < -0.3 is 10.2 Å². The third kappa shape index (κ3) is 3.01. The van der Waals surface area contributed by atoms with E-state index in [9.17, 15) is 4.79 Å². The van der Waals surface area contributed by atoms with Crippen LogP contribution in [-0.2, 0) is 6.42 Å². The Morgan fingerprint density at radius 1 is 1.45 bits per heavy atom. The van der Waals surface area contributed by atoms with Crippen LogP contribution in [0.1, 0.15) is 54.4 Å². The maximum Gasteiger partial charge on any atom is 0.267 e. The number of hydrogen-bond acceptors (Lipinski definition) is 5. The highest BCUT2D eigenvalue weighted by molar-refractivity contribution is 7.08. The molecular formula is C14H22N4OS. The number of rotatable bonds is 6. The van der Waals surface area contributed by atoms with Crippen LogP contribution >= 0.6 is 11.5 Å². The van der Waals surface area contributed by atoms with Gasteiger partial charge in [0.1, 0.15) is 4.88 Å². The van der Waals surface area contributed by atoms with Gasteiger partial charge in [-0.25, -0.2) is 0 Å². The molecule has 5 nitrogen and oxygen atoms in total. The molecule has 2 heterocycles. The SMILES string of the molecule is CCCc1nnsc1C(=O)N(CC1CCCN1)C1CC1. The van der Waals surface area contributed by atoms with Gasteiger partial charge in [0.15, 0.2) is 0 Å². The number of aryl methyl sites for hydroxylation is 1. The monoisotopic (exact) mass is 294 g/mol. The number of carbonyl (C=O) groups is 1. The number of hydrogen-bond donors (Lipinski definition) is 1. The summed E-state index contributed by atoms with van der Waals surface area (Å²) < 4.78 is 3.98. The fourth-order valence-electron chi connectivity index (χ4n) is 2.84. The quantitative estimate of drug-likeness (QED) is 0.870. The summed E-state index contributed by atoms with van der Waals surface area (Å²) in [4.78, 5) is 15.6. The Bertz CT molecular complexity index is 465. The molecule has 2 aliphatic rings. The lowest BCUT2D eigenvalue weighted by Crippen LogP contribution is -2.42. The third-order valence-electron chi connectivity index (χ3n) is 4.06. The van der Waals surface area contributed by atoms with E-state index in [0.29, 0.717) is 12.1 Å². The molecule has 1 atom stereocenters. The second kappa shape index (κ2) is 6.18. The molecule has 1 saturated carbocycles. The van der Waals surface area contributed by atoms with Crippen LogP contribution in [0.5, 0.6) is 0 Å². The molecule has 2 fully saturated rings. The van der Waals surface area contributed by atoms with Gasteiger partial charge in [-0.3, -0.25) is 4.79 Å². The van der Waals surface area contributed by atoms with E-state index in [-0.39, 0.29) is 5.91 Å². The number of nitrogens with one attached hydrogen (secondary N) is 1. The van der Waals surface area contributed by atoms with Gasteiger partial charge >= 0.3 is 0 Å². The zero-order valence-electron chi connectivity index (χ0n) is 12.0. The molecule has 1 unspecified atom stereocenters. The van der Waals surface area contributed by atoms with Crippen molar-refractivity contribution in [3.8, 4) is 0 Å². The summed E-state index contributed by atoms with van der Waals surface area (Å²) in [6.07, 6.45) is 6.54. The number of nitrogens with zero attached hydrogens (tertiary/aromatic N) is 3. The second-order valence-electron chi connectivity index (χ2n) is 5.78. The van der Waals surface area contributed by atoms with Crippen molar-refractivity contribution < 1.29 is 4.79 Å².